The molecule has 0 spiro atoms. The lowest BCUT2D eigenvalue weighted by Gasteiger charge is -2.20. The summed E-state index contributed by atoms with van der Waals surface area (Å²) in [6.45, 7) is 9.27. The summed E-state index contributed by atoms with van der Waals surface area (Å²) >= 11 is 2.80. The number of aromatic nitrogens is 2. The second kappa shape index (κ2) is 11.2. The molecule has 0 saturated carbocycles. The molecule has 1 aromatic heterocycles. The van der Waals surface area contributed by atoms with E-state index in [1.165, 1.54) is 23.1 Å². The van der Waals surface area contributed by atoms with Gasteiger partial charge in [0.2, 0.25) is 16.9 Å². The van der Waals surface area contributed by atoms with Gasteiger partial charge in [-0.3, -0.25) is 9.59 Å². The van der Waals surface area contributed by atoms with Crippen LogP contribution in [-0.4, -0.2) is 58.3 Å². The van der Waals surface area contributed by atoms with Crippen LogP contribution >= 0.6 is 23.1 Å². The zero-order chi connectivity index (χ0) is 17.9. The van der Waals surface area contributed by atoms with Gasteiger partial charge in [0.05, 0.1) is 12.3 Å². The quantitative estimate of drug-likeness (QED) is 0.457. The van der Waals surface area contributed by atoms with E-state index in [9.17, 15) is 9.59 Å². The van der Waals surface area contributed by atoms with E-state index in [4.69, 9.17) is 0 Å². The number of anilines is 1. The summed E-state index contributed by atoms with van der Waals surface area (Å²) < 4.78 is 0.755. The maximum Gasteiger partial charge on any atom is 0.239 e. The van der Waals surface area contributed by atoms with Crippen molar-refractivity contribution in [2.75, 3.05) is 30.7 Å². The number of thioether (sulfide) groups is 1. The van der Waals surface area contributed by atoms with Gasteiger partial charge in [-0.25, -0.2) is 0 Å². The lowest BCUT2D eigenvalue weighted by molar-refractivity contribution is -0.134. The Morgan fingerprint density at radius 3 is 2.67 bits per heavy atom. The summed E-state index contributed by atoms with van der Waals surface area (Å²) in [6.07, 6.45) is 2.21. The molecule has 0 aliphatic carbocycles. The van der Waals surface area contributed by atoms with Gasteiger partial charge in [-0.15, -0.1) is 10.2 Å². The van der Waals surface area contributed by atoms with Gasteiger partial charge < -0.3 is 15.5 Å². The van der Waals surface area contributed by atoms with Crippen LogP contribution in [0.15, 0.2) is 4.34 Å². The third-order valence-corrected chi connectivity index (χ3v) is 5.05. The van der Waals surface area contributed by atoms with Crippen molar-refractivity contribution >= 4 is 40.0 Å². The van der Waals surface area contributed by atoms with Gasteiger partial charge in [0.15, 0.2) is 4.34 Å². The Balaban J connectivity index is 2.41. The molecular formula is C15H27N5O2S2. The van der Waals surface area contributed by atoms with Crippen molar-refractivity contribution in [1.29, 1.82) is 0 Å². The van der Waals surface area contributed by atoms with Crippen molar-refractivity contribution in [1.82, 2.24) is 20.4 Å². The molecule has 1 heterocycles. The monoisotopic (exact) mass is 373 g/mol. The van der Waals surface area contributed by atoms with Crippen LogP contribution in [0.1, 0.15) is 40.5 Å². The number of likely N-dealkylation sites (N-methyl/N-ethyl adjacent to an activating group) is 1. The van der Waals surface area contributed by atoms with Crippen molar-refractivity contribution in [3.8, 4) is 0 Å². The number of hydrogen-bond donors (Lipinski definition) is 2. The second-order valence-corrected chi connectivity index (χ2v) is 7.77. The van der Waals surface area contributed by atoms with E-state index in [1.807, 2.05) is 20.8 Å². The second-order valence-electron chi connectivity index (χ2n) is 5.57. The molecule has 136 valence electrons. The summed E-state index contributed by atoms with van der Waals surface area (Å²) in [6, 6.07) is 0.0701. The molecule has 0 aliphatic rings. The molecule has 0 fully saturated rings. The minimum absolute atomic E-state index is 0.0701. The van der Waals surface area contributed by atoms with E-state index in [0.717, 1.165) is 28.9 Å². The molecule has 2 N–H and O–H groups in total. The van der Waals surface area contributed by atoms with Crippen LogP contribution in [0.25, 0.3) is 0 Å². The van der Waals surface area contributed by atoms with Crippen LogP contribution in [0.2, 0.25) is 0 Å². The van der Waals surface area contributed by atoms with Crippen molar-refractivity contribution in [2.24, 2.45) is 0 Å². The Labute approximate surface area is 152 Å². The average Bonchev–Trinajstić information content (AvgIpc) is 2.97. The molecule has 0 bridgehead atoms. The zero-order valence-electron chi connectivity index (χ0n) is 14.8. The molecule has 1 aromatic rings. The van der Waals surface area contributed by atoms with Crippen LogP contribution in [-0.2, 0) is 9.59 Å². The molecule has 24 heavy (non-hydrogen) atoms. The summed E-state index contributed by atoms with van der Waals surface area (Å²) in [4.78, 5) is 25.6. The van der Waals surface area contributed by atoms with Gasteiger partial charge in [0.1, 0.15) is 0 Å². The molecule has 1 rings (SSSR count). The SMILES string of the molecule is CCCCNc1nnc(SCC(=O)N(CC)CC(=O)NC(C)C)s1. The Morgan fingerprint density at radius 1 is 1.29 bits per heavy atom. The number of nitrogens with zero attached hydrogens (tertiary/aromatic N) is 3. The third kappa shape index (κ3) is 7.96. The number of amides is 2. The van der Waals surface area contributed by atoms with Gasteiger partial charge in [-0.05, 0) is 27.2 Å². The van der Waals surface area contributed by atoms with Gasteiger partial charge in [-0.2, -0.15) is 0 Å². The molecule has 0 aliphatic heterocycles. The molecule has 9 heteroatoms. The zero-order valence-corrected chi connectivity index (χ0v) is 16.4. The first-order chi connectivity index (χ1) is 11.5. The summed E-state index contributed by atoms with van der Waals surface area (Å²) in [5, 5.41) is 14.9. The minimum atomic E-state index is -0.136. The Morgan fingerprint density at radius 2 is 2.04 bits per heavy atom. The maximum atomic E-state index is 12.3. The highest BCUT2D eigenvalue weighted by Gasteiger charge is 2.17. The van der Waals surface area contributed by atoms with Crippen LogP contribution in [0, 0.1) is 0 Å². The predicted molar refractivity (Wildman–Crippen MR) is 99.6 cm³/mol. The lowest BCUT2D eigenvalue weighted by atomic mass is 10.3. The Bertz CT molecular complexity index is 522. The fourth-order valence-electron chi connectivity index (χ4n) is 1.84. The first kappa shape index (κ1) is 20.7. The number of unbranched alkanes of at least 4 members (excludes halogenated alkanes) is 1. The summed E-state index contributed by atoms with van der Waals surface area (Å²) in [5.41, 5.74) is 0. The number of rotatable bonds is 11. The van der Waals surface area contributed by atoms with Gasteiger partial charge >= 0.3 is 0 Å². The highest BCUT2D eigenvalue weighted by atomic mass is 32.2. The molecule has 2 amide bonds. The van der Waals surface area contributed by atoms with Crippen molar-refractivity contribution in [3.05, 3.63) is 0 Å². The van der Waals surface area contributed by atoms with E-state index in [1.54, 1.807) is 4.90 Å². The summed E-state index contributed by atoms with van der Waals surface area (Å²) in [7, 11) is 0. The predicted octanol–water partition coefficient (Wildman–Crippen LogP) is 2.22. The van der Waals surface area contributed by atoms with Crippen molar-refractivity contribution < 1.29 is 9.59 Å². The molecule has 7 nitrogen and oxygen atoms in total. The Hall–Kier alpha value is -1.35. The van der Waals surface area contributed by atoms with Crippen LogP contribution in [0.5, 0.6) is 0 Å². The van der Waals surface area contributed by atoms with E-state index in [-0.39, 0.29) is 30.2 Å². The Kier molecular flexibility index (Phi) is 9.70. The lowest BCUT2D eigenvalue weighted by Crippen LogP contribution is -2.43. The summed E-state index contributed by atoms with van der Waals surface area (Å²) in [5.74, 6) is 0.0486. The van der Waals surface area contributed by atoms with Crippen LogP contribution in [0.4, 0.5) is 5.13 Å². The first-order valence-electron chi connectivity index (χ1n) is 8.23. The molecule has 0 radical (unpaired) electrons. The maximum absolute atomic E-state index is 12.3. The number of hydrogen-bond acceptors (Lipinski definition) is 7. The fourth-order valence-corrected chi connectivity index (χ4v) is 3.52. The van der Waals surface area contributed by atoms with Crippen LogP contribution in [0.3, 0.4) is 0 Å². The standard InChI is InChI=1S/C15H27N5O2S2/c1-5-7-8-16-14-18-19-15(24-14)23-10-13(22)20(6-2)9-12(21)17-11(3)4/h11H,5-10H2,1-4H3,(H,16,18)(H,17,21). The normalized spacial score (nSPS) is 10.7. The van der Waals surface area contributed by atoms with Gasteiger partial charge in [0.25, 0.3) is 0 Å². The molecule has 0 atom stereocenters. The highest BCUT2D eigenvalue weighted by molar-refractivity contribution is 8.01. The van der Waals surface area contributed by atoms with E-state index in [2.05, 4.69) is 27.8 Å². The van der Waals surface area contributed by atoms with E-state index < -0.39 is 0 Å². The van der Waals surface area contributed by atoms with Crippen molar-refractivity contribution in [2.45, 2.75) is 50.9 Å². The topological polar surface area (TPSA) is 87.2 Å². The number of nitrogens with one attached hydrogen (secondary N) is 2. The smallest absolute Gasteiger partial charge is 0.239 e. The largest absolute Gasteiger partial charge is 0.360 e. The number of carbonyl (C=O) groups is 2. The first-order valence-corrected chi connectivity index (χ1v) is 10.0. The fraction of sp³-hybridized carbons (Fsp3) is 0.733. The van der Waals surface area contributed by atoms with Gasteiger partial charge in [0, 0.05) is 19.1 Å². The third-order valence-electron chi connectivity index (χ3n) is 3.05. The van der Waals surface area contributed by atoms with Gasteiger partial charge in [-0.1, -0.05) is 36.4 Å². The molecule has 0 aromatic carbocycles. The average molecular weight is 374 g/mol. The molecule has 0 saturated heterocycles. The minimum Gasteiger partial charge on any atom is -0.360 e. The van der Waals surface area contributed by atoms with E-state index >= 15 is 0 Å². The molecule has 0 unspecified atom stereocenters. The molecular weight excluding hydrogens is 346 g/mol. The van der Waals surface area contributed by atoms with E-state index in [0.29, 0.717) is 6.54 Å². The van der Waals surface area contributed by atoms with Crippen LogP contribution < -0.4 is 10.6 Å². The highest BCUT2D eigenvalue weighted by Crippen LogP contribution is 2.25. The van der Waals surface area contributed by atoms with Crippen molar-refractivity contribution in [3.63, 3.8) is 0 Å². The number of carbonyl (C=O) groups excluding carboxylic acids is 2.